The summed E-state index contributed by atoms with van der Waals surface area (Å²) >= 11 is 0. The van der Waals surface area contributed by atoms with Crippen molar-refractivity contribution in [3.63, 3.8) is 0 Å². The normalized spacial score (nSPS) is 12.2. The van der Waals surface area contributed by atoms with Crippen LogP contribution in [0, 0.1) is 0 Å². The fourth-order valence-corrected chi connectivity index (χ4v) is 2.63. The quantitative estimate of drug-likeness (QED) is 0.656. The highest BCUT2D eigenvalue weighted by atomic mass is 16.3. The van der Waals surface area contributed by atoms with Gasteiger partial charge < -0.3 is 10.4 Å². The van der Waals surface area contributed by atoms with Crippen LogP contribution < -0.4 is 5.32 Å². The zero-order valence-electron chi connectivity index (χ0n) is 13.9. The molecule has 1 unspecified atom stereocenters. The highest BCUT2D eigenvalue weighted by Crippen LogP contribution is 2.23. The maximum atomic E-state index is 9.38. The molecule has 0 saturated carbocycles. The van der Waals surface area contributed by atoms with Crippen molar-refractivity contribution >= 4 is 0 Å². The van der Waals surface area contributed by atoms with Gasteiger partial charge in [-0.2, -0.15) is 5.10 Å². The van der Waals surface area contributed by atoms with Gasteiger partial charge in [-0.15, -0.1) is 0 Å². The SMILES string of the molecule is CC(O)CCNCc1cn(-c2ccccc2)nc1-c1ccccc1. The molecule has 1 atom stereocenters. The van der Waals surface area contributed by atoms with Crippen molar-refractivity contribution in [2.24, 2.45) is 0 Å². The van der Waals surface area contributed by atoms with E-state index in [1.54, 1.807) is 0 Å². The molecule has 4 heteroatoms. The molecule has 24 heavy (non-hydrogen) atoms. The Bertz CT molecular complexity index is 751. The van der Waals surface area contributed by atoms with E-state index in [4.69, 9.17) is 5.10 Å². The van der Waals surface area contributed by atoms with Gasteiger partial charge in [0.15, 0.2) is 0 Å². The van der Waals surface area contributed by atoms with E-state index in [0.717, 1.165) is 42.0 Å². The molecule has 0 aliphatic carbocycles. The summed E-state index contributed by atoms with van der Waals surface area (Å²) in [5, 5.41) is 17.6. The van der Waals surface area contributed by atoms with Gasteiger partial charge in [0.1, 0.15) is 0 Å². The summed E-state index contributed by atoms with van der Waals surface area (Å²) in [5.41, 5.74) is 4.30. The standard InChI is InChI=1S/C20H23N3O/c1-16(24)12-13-21-14-18-15-23(19-10-6-3-7-11-19)22-20(18)17-8-4-2-5-9-17/h2-11,15-16,21,24H,12-14H2,1H3. The van der Waals surface area contributed by atoms with Crippen LogP contribution in [0.2, 0.25) is 0 Å². The highest BCUT2D eigenvalue weighted by Gasteiger charge is 2.11. The number of nitrogens with zero attached hydrogens (tertiary/aromatic N) is 2. The van der Waals surface area contributed by atoms with Crippen molar-refractivity contribution < 1.29 is 5.11 Å². The van der Waals surface area contributed by atoms with E-state index in [0.29, 0.717) is 0 Å². The summed E-state index contributed by atoms with van der Waals surface area (Å²) in [6.45, 7) is 3.32. The van der Waals surface area contributed by atoms with E-state index in [1.807, 2.05) is 60.1 Å². The number of benzene rings is 2. The van der Waals surface area contributed by atoms with E-state index in [1.165, 1.54) is 0 Å². The molecule has 3 rings (SSSR count). The van der Waals surface area contributed by atoms with Crippen LogP contribution in [0.3, 0.4) is 0 Å². The number of hydrogen-bond acceptors (Lipinski definition) is 3. The van der Waals surface area contributed by atoms with E-state index in [9.17, 15) is 5.11 Å². The summed E-state index contributed by atoms with van der Waals surface area (Å²) in [4.78, 5) is 0. The molecule has 0 fully saturated rings. The van der Waals surface area contributed by atoms with Gasteiger partial charge in [-0.05, 0) is 32.0 Å². The lowest BCUT2D eigenvalue weighted by Crippen LogP contribution is -2.18. The van der Waals surface area contributed by atoms with Crippen molar-refractivity contribution in [1.82, 2.24) is 15.1 Å². The van der Waals surface area contributed by atoms with E-state index < -0.39 is 0 Å². The number of para-hydroxylation sites is 1. The largest absolute Gasteiger partial charge is 0.393 e. The van der Waals surface area contributed by atoms with Crippen molar-refractivity contribution in [3.05, 3.63) is 72.4 Å². The van der Waals surface area contributed by atoms with Crippen LogP contribution in [0.4, 0.5) is 0 Å². The molecule has 1 aromatic heterocycles. The minimum atomic E-state index is -0.280. The molecule has 0 saturated heterocycles. The van der Waals surface area contributed by atoms with Gasteiger partial charge in [0.05, 0.1) is 17.5 Å². The third-order valence-corrected chi connectivity index (χ3v) is 3.91. The summed E-state index contributed by atoms with van der Waals surface area (Å²) in [6.07, 6.45) is 2.54. The number of nitrogens with one attached hydrogen (secondary N) is 1. The van der Waals surface area contributed by atoms with Crippen LogP contribution in [0.15, 0.2) is 66.9 Å². The molecule has 2 aromatic carbocycles. The van der Waals surface area contributed by atoms with Gasteiger partial charge in [0.2, 0.25) is 0 Å². The molecule has 4 nitrogen and oxygen atoms in total. The Hall–Kier alpha value is -2.43. The second-order valence-electron chi connectivity index (χ2n) is 5.96. The Kier molecular flexibility index (Phi) is 5.41. The Labute approximate surface area is 142 Å². The Balaban J connectivity index is 1.86. The predicted molar refractivity (Wildman–Crippen MR) is 97.0 cm³/mol. The van der Waals surface area contributed by atoms with Crippen molar-refractivity contribution in [2.45, 2.75) is 26.0 Å². The number of aromatic nitrogens is 2. The van der Waals surface area contributed by atoms with Crippen molar-refractivity contribution in [3.8, 4) is 16.9 Å². The molecule has 2 N–H and O–H groups in total. The molecular weight excluding hydrogens is 298 g/mol. The van der Waals surface area contributed by atoms with Gasteiger partial charge in [0, 0.05) is 23.9 Å². The molecular formula is C20H23N3O. The van der Waals surface area contributed by atoms with Crippen LogP contribution in [0.5, 0.6) is 0 Å². The topological polar surface area (TPSA) is 50.1 Å². The molecule has 0 radical (unpaired) electrons. The summed E-state index contributed by atoms with van der Waals surface area (Å²) in [6, 6.07) is 20.4. The number of rotatable bonds is 7. The maximum Gasteiger partial charge on any atom is 0.0972 e. The summed E-state index contributed by atoms with van der Waals surface area (Å²) in [7, 11) is 0. The minimum absolute atomic E-state index is 0.280. The Morgan fingerprint density at radius 3 is 2.38 bits per heavy atom. The van der Waals surface area contributed by atoms with Gasteiger partial charge in [-0.1, -0.05) is 48.5 Å². The van der Waals surface area contributed by atoms with Crippen molar-refractivity contribution in [2.75, 3.05) is 6.54 Å². The van der Waals surface area contributed by atoms with Crippen LogP contribution in [-0.4, -0.2) is 27.5 Å². The second-order valence-corrected chi connectivity index (χ2v) is 5.96. The van der Waals surface area contributed by atoms with Crippen LogP contribution >= 0.6 is 0 Å². The molecule has 3 aromatic rings. The number of hydrogen-bond donors (Lipinski definition) is 2. The third kappa shape index (κ3) is 4.10. The first-order valence-electron chi connectivity index (χ1n) is 8.32. The summed E-state index contributed by atoms with van der Waals surface area (Å²) < 4.78 is 1.92. The minimum Gasteiger partial charge on any atom is -0.393 e. The van der Waals surface area contributed by atoms with E-state index in [2.05, 4.69) is 23.6 Å². The molecule has 0 aliphatic rings. The third-order valence-electron chi connectivity index (χ3n) is 3.91. The summed E-state index contributed by atoms with van der Waals surface area (Å²) in [5.74, 6) is 0. The van der Waals surface area contributed by atoms with Gasteiger partial charge >= 0.3 is 0 Å². The second kappa shape index (κ2) is 7.90. The van der Waals surface area contributed by atoms with Crippen LogP contribution in [0.25, 0.3) is 16.9 Å². The lowest BCUT2D eigenvalue weighted by molar-refractivity contribution is 0.183. The average Bonchev–Trinajstić information content (AvgIpc) is 3.04. The monoisotopic (exact) mass is 321 g/mol. The fourth-order valence-electron chi connectivity index (χ4n) is 2.63. The van der Waals surface area contributed by atoms with Crippen molar-refractivity contribution in [1.29, 1.82) is 0 Å². The maximum absolute atomic E-state index is 9.38. The Morgan fingerprint density at radius 1 is 1.04 bits per heavy atom. The van der Waals surface area contributed by atoms with E-state index in [-0.39, 0.29) is 6.10 Å². The van der Waals surface area contributed by atoms with Gasteiger partial charge in [-0.3, -0.25) is 0 Å². The molecule has 124 valence electrons. The average molecular weight is 321 g/mol. The van der Waals surface area contributed by atoms with Crippen LogP contribution in [0.1, 0.15) is 18.9 Å². The molecule has 1 heterocycles. The molecule has 0 amide bonds. The lowest BCUT2D eigenvalue weighted by atomic mass is 10.1. The fraction of sp³-hybridized carbons (Fsp3) is 0.250. The van der Waals surface area contributed by atoms with Crippen LogP contribution in [-0.2, 0) is 6.54 Å². The lowest BCUT2D eigenvalue weighted by Gasteiger charge is -2.06. The first-order valence-corrected chi connectivity index (χ1v) is 8.32. The smallest absolute Gasteiger partial charge is 0.0972 e. The van der Waals surface area contributed by atoms with Gasteiger partial charge in [0.25, 0.3) is 0 Å². The molecule has 0 spiro atoms. The first-order chi connectivity index (χ1) is 11.7. The molecule has 0 bridgehead atoms. The number of aliphatic hydroxyl groups is 1. The number of aliphatic hydroxyl groups excluding tert-OH is 1. The zero-order valence-corrected chi connectivity index (χ0v) is 13.9. The highest BCUT2D eigenvalue weighted by molar-refractivity contribution is 5.63. The molecule has 0 aliphatic heterocycles. The Morgan fingerprint density at radius 2 is 1.71 bits per heavy atom. The zero-order chi connectivity index (χ0) is 16.8. The predicted octanol–water partition coefficient (Wildman–Crippen LogP) is 3.40. The van der Waals surface area contributed by atoms with E-state index >= 15 is 0 Å². The first kappa shape index (κ1) is 16.4. The van der Waals surface area contributed by atoms with Gasteiger partial charge in [-0.25, -0.2) is 4.68 Å².